The summed E-state index contributed by atoms with van der Waals surface area (Å²) in [5, 5.41) is 11.9. The van der Waals surface area contributed by atoms with E-state index >= 15 is 0 Å². The molecular weight excluding hydrogens is 306 g/mol. The monoisotopic (exact) mass is 323 g/mol. The van der Waals surface area contributed by atoms with Crippen LogP contribution in [0.2, 0.25) is 0 Å². The standard InChI is InChI=1S/C14H17N3O2S2/c1-9-7-16(8-10(2)21-9)13-11(3-4-12(18)19)17-5-6-20-14(17)15-13/h3-6,9-10H,7-8H2,1-2H3,(H,18,19). The van der Waals surface area contributed by atoms with Gasteiger partial charge in [-0.25, -0.2) is 9.78 Å². The van der Waals surface area contributed by atoms with E-state index in [2.05, 4.69) is 18.7 Å². The average Bonchev–Trinajstić information content (AvgIpc) is 2.95. The third-order valence-electron chi connectivity index (χ3n) is 3.38. The minimum Gasteiger partial charge on any atom is -0.478 e. The van der Waals surface area contributed by atoms with Crippen molar-refractivity contribution in [2.45, 2.75) is 24.3 Å². The summed E-state index contributed by atoms with van der Waals surface area (Å²) in [4.78, 5) is 18.7. The second kappa shape index (κ2) is 5.73. The van der Waals surface area contributed by atoms with Crippen molar-refractivity contribution in [1.29, 1.82) is 0 Å². The van der Waals surface area contributed by atoms with Gasteiger partial charge in [0, 0.05) is 41.2 Å². The summed E-state index contributed by atoms with van der Waals surface area (Å²) in [6.45, 7) is 6.32. The van der Waals surface area contributed by atoms with Gasteiger partial charge in [0.1, 0.15) is 0 Å². The van der Waals surface area contributed by atoms with Crippen molar-refractivity contribution in [2.75, 3.05) is 18.0 Å². The summed E-state index contributed by atoms with van der Waals surface area (Å²) in [5.74, 6) is -0.0552. The van der Waals surface area contributed by atoms with E-state index in [1.54, 1.807) is 17.4 Å². The van der Waals surface area contributed by atoms with Gasteiger partial charge >= 0.3 is 5.97 Å². The topological polar surface area (TPSA) is 57.8 Å². The Kier molecular flexibility index (Phi) is 3.95. The Morgan fingerprint density at radius 3 is 2.81 bits per heavy atom. The molecule has 2 atom stereocenters. The Morgan fingerprint density at radius 1 is 1.43 bits per heavy atom. The first-order valence-electron chi connectivity index (χ1n) is 6.81. The number of aliphatic carboxylic acids is 1. The lowest BCUT2D eigenvalue weighted by Gasteiger charge is -2.35. The molecule has 0 aromatic carbocycles. The highest BCUT2D eigenvalue weighted by Gasteiger charge is 2.26. The molecule has 1 N–H and O–H groups in total. The maximum absolute atomic E-state index is 10.8. The molecule has 112 valence electrons. The van der Waals surface area contributed by atoms with Crippen LogP contribution in [0.4, 0.5) is 5.82 Å². The van der Waals surface area contributed by atoms with E-state index in [0.717, 1.165) is 29.6 Å². The fraction of sp³-hybridized carbons (Fsp3) is 0.429. The smallest absolute Gasteiger partial charge is 0.328 e. The first-order chi connectivity index (χ1) is 10.0. The van der Waals surface area contributed by atoms with Crippen LogP contribution in [0.15, 0.2) is 17.7 Å². The number of carbonyl (C=O) groups is 1. The third kappa shape index (κ3) is 2.94. The number of imidazole rings is 1. The van der Waals surface area contributed by atoms with Crippen molar-refractivity contribution in [3.8, 4) is 0 Å². The molecular formula is C14H17N3O2S2. The fourth-order valence-corrected chi connectivity index (χ4v) is 4.72. The van der Waals surface area contributed by atoms with Crippen molar-refractivity contribution in [3.05, 3.63) is 23.3 Å². The second-order valence-electron chi connectivity index (χ2n) is 5.21. The van der Waals surface area contributed by atoms with Crippen molar-refractivity contribution in [1.82, 2.24) is 9.38 Å². The molecule has 1 saturated heterocycles. The largest absolute Gasteiger partial charge is 0.478 e. The zero-order valence-electron chi connectivity index (χ0n) is 11.9. The lowest BCUT2D eigenvalue weighted by Crippen LogP contribution is -2.41. The van der Waals surface area contributed by atoms with Gasteiger partial charge in [-0.3, -0.25) is 4.40 Å². The van der Waals surface area contributed by atoms with Crippen molar-refractivity contribution in [3.63, 3.8) is 0 Å². The Labute approximate surface area is 131 Å². The molecule has 0 radical (unpaired) electrons. The molecule has 5 nitrogen and oxygen atoms in total. The van der Waals surface area contributed by atoms with E-state index in [1.165, 1.54) is 6.08 Å². The van der Waals surface area contributed by atoms with Crippen molar-refractivity contribution >= 4 is 45.9 Å². The zero-order valence-corrected chi connectivity index (χ0v) is 13.5. The van der Waals surface area contributed by atoms with Gasteiger partial charge in [0.25, 0.3) is 0 Å². The number of nitrogens with zero attached hydrogens (tertiary/aromatic N) is 3. The summed E-state index contributed by atoms with van der Waals surface area (Å²) in [5.41, 5.74) is 0.847. The Hall–Kier alpha value is -1.47. The van der Waals surface area contributed by atoms with Crippen LogP contribution in [0.25, 0.3) is 11.0 Å². The first kappa shape index (κ1) is 14.5. The molecule has 1 fully saturated rings. The first-order valence-corrected chi connectivity index (χ1v) is 8.64. The van der Waals surface area contributed by atoms with E-state index in [9.17, 15) is 4.79 Å². The molecule has 3 rings (SSSR count). The van der Waals surface area contributed by atoms with Gasteiger partial charge < -0.3 is 10.0 Å². The maximum atomic E-state index is 10.8. The van der Waals surface area contributed by atoms with Crippen LogP contribution in [0.3, 0.4) is 0 Å². The molecule has 21 heavy (non-hydrogen) atoms. The molecule has 0 saturated carbocycles. The van der Waals surface area contributed by atoms with Gasteiger partial charge in [-0.15, -0.1) is 11.3 Å². The molecule has 3 heterocycles. The Bertz CT molecular complexity index is 682. The summed E-state index contributed by atoms with van der Waals surface area (Å²) in [6.07, 6.45) is 4.75. The van der Waals surface area contributed by atoms with Gasteiger partial charge in [0.05, 0.1) is 5.69 Å². The molecule has 0 bridgehead atoms. The molecule has 0 amide bonds. The SMILES string of the molecule is CC1CN(c2nc3sccn3c2C=CC(=O)O)CC(C)S1. The molecule has 2 aromatic rings. The second-order valence-corrected chi connectivity index (χ2v) is 7.96. The van der Waals surface area contributed by atoms with Gasteiger partial charge in [0.15, 0.2) is 10.8 Å². The van der Waals surface area contributed by atoms with Gasteiger partial charge in [0.2, 0.25) is 0 Å². The van der Waals surface area contributed by atoms with Crippen LogP contribution in [0.5, 0.6) is 0 Å². The Balaban J connectivity index is 2.02. The number of rotatable bonds is 3. The summed E-state index contributed by atoms with van der Waals surface area (Å²) in [6, 6.07) is 0. The minimum absolute atomic E-state index is 0.546. The van der Waals surface area contributed by atoms with Gasteiger partial charge in [-0.2, -0.15) is 11.8 Å². The maximum Gasteiger partial charge on any atom is 0.328 e. The normalized spacial score (nSPS) is 23.2. The van der Waals surface area contributed by atoms with E-state index < -0.39 is 5.97 Å². The summed E-state index contributed by atoms with van der Waals surface area (Å²) in [7, 11) is 0. The summed E-state index contributed by atoms with van der Waals surface area (Å²) < 4.78 is 1.95. The van der Waals surface area contributed by atoms with Crippen LogP contribution in [-0.2, 0) is 4.79 Å². The van der Waals surface area contributed by atoms with Crippen LogP contribution in [0, 0.1) is 0 Å². The number of thiazole rings is 1. The lowest BCUT2D eigenvalue weighted by molar-refractivity contribution is -0.131. The highest BCUT2D eigenvalue weighted by Crippen LogP contribution is 2.32. The summed E-state index contributed by atoms with van der Waals surface area (Å²) >= 11 is 3.55. The molecule has 0 spiro atoms. The predicted molar refractivity (Wildman–Crippen MR) is 88.5 cm³/mol. The highest BCUT2D eigenvalue weighted by atomic mass is 32.2. The fourth-order valence-electron chi connectivity index (χ4n) is 2.68. The minimum atomic E-state index is -0.943. The molecule has 2 aromatic heterocycles. The van der Waals surface area contributed by atoms with Crippen molar-refractivity contribution < 1.29 is 9.90 Å². The van der Waals surface area contributed by atoms with Crippen LogP contribution in [-0.4, -0.2) is 44.0 Å². The highest BCUT2D eigenvalue weighted by molar-refractivity contribution is 8.00. The van der Waals surface area contributed by atoms with Crippen LogP contribution < -0.4 is 4.90 Å². The van der Waals surface area contributed by atoms with Crippen molar-refractivity contribution in [2.24, 2.45) is 0 Å². The van der Waals surface area contributed by atoms with E-state index in [4.69, 9.17) is 10.1 Å². The number of aromatic nitrogens is 2. The number of hydrogen-bond donors (Lipinski definition) is 1. The number of fused-ring (bicyclic) bond motifs is 1. The third-order valence-corrected chi connectivity index (χ3v) is 5.37. The molecule has 2 unspecified atom stereocenters. The number of thioether (sulfide) groups is 1. The zero-order chi connectivity index (χ0) is 15.0. The molecule has 1 aliphatic rings. The van der Waals surface area contributed by atoms with Gasteiger partial charge in [-0.1, -0.05) is 13.8 Å². The van der Waals surface area contributed by atoms with Gasteiger partial charge in [-0.05, 0) is 6.08 Å². The van der Waals surface area contributed by atoms with E-state index in [-0.39, 0.29) is 0 Å². The number of hydrogen-bond acceptors (Lipinski definition) is 5. The molecule has 0 aliphatic carbocycles. The predicted octanol–water partition coefficient (Wildman–Crippen LogP) is 2.82. The number of carboxylic acid groups (broad SMARTS) is 1. The molecule has 1 aliphatic heterocycles. The lowest BCUT2D eigenvalue weighted by atomic mass is 10.3. The molecule has 7 heteroatoms. The Morgan fingerprint density at radius 2 is 2.14 bits per heavy atom. The number of carboxylic acids is 1. The van der Waals surface area contributed by atoms with Crippen LogP contribution in [0.1, 0.15) is 19.5 Å². The quantitative estimate of drug-likeness (QED) is 0.880. The van der Waals surface area contributed by atoms with E-state index in [1.807, 2.05) is 27.7 Å². The van der Waals surface area contributed by atoms with E-state index in [0.29, 0.717) is 10.5 Å². The number of anilines is 1. The van der Waals surface area contributed by atoms with Crippen LogP contribution >= 0.6 is 23.1 Å². The average molecular weight is 323 g/mol.